The van der Waals surface area contributed by atoms with Gasteiger partial charge in [0.15, 0.2) is 6.04 Å². The van der Waals surface area contributed by atoms with Gasteiger partial charge in [0.25, 0.3) is 5.56 Å². The number of esters is 1. The molecule has 6 heteroatoms. The van der Waals surface area contributed by atoms with Crippen molar-refractivity contribution in [1.29, 1.82) is 0 Å². The molecule has 0 aromatic carbocycles. The summed E-state index contributed by atoms with van der Waals surface area (Å²) >= 11 is 0. The molecule has 18 heavy (non-hydrogen) atoms. The third-order valence-corrected chi connectivity index (χ3v) is 2.12. The van der Waals surface area contributed by atoms with Gasteiger partial charge in [-0.05, 0) is 27.7 Å². The van der Waals surface area contributed by atoms with E-state index in [-0.39, 0.29) is 11.4 Å². The number of carbonyl (C=O) groups excluding carboxylic acids is 1. The van der Waals surface area contributed by atoms with Crippen molar-refractivity contribution >= 4 is 5.97 Å². The fourth-order valence-corrected chi connectivity index (χ4v) is 1.28. The summed E-state index contributed by atoms with van der Waals surface area (Å²) in [5.41, 5.74) is -0.984. The minimum Gasteiger partial charge on any atom is -0.480 e. The van der Waals surface area contributed by atoms with Crippen LogP contribution < -0.4 is 10.3 Å². The lowest BCUT2D eigenvalue weighted by Gasteiger charge is -2.22. The molecule has 1 aromatic heterocycles. The monoisotopic (exact) mass is 254 g/mol. The van der Waals surface area contributed by atoms with Crippen LogP contribution in [0.2, 0.25) is 0 Å². The van der Waals surface area contributed by atoms with Gasteiger partial charge in [0.05, 0.1) is 7.11 Å². The van der Waals surface area contributed by atoms with Gasteiger partial charge in [-0.15, -0.1) is 5.10 Å². The molecule has 0 N–H and O–H groups in total. The molecule has 1 rings (SSSR count). The van der Waals surface area contributed by atoms with Gasteiger partial charge in [-0.2, -0.15) is 0 Å². The van der Waals surface area contributed by atoms with E-state index in [1.165, 1.54) is 19.2 Å². The number of nitrogens with zero attached hydrogens (tertiary/aromatic N) is 2. The minimum absolute atomic E-state index is 0.269. The Labute approximate surface area is 106 Å². The first-order chi connectivity index (χ1) is 8.24. The number of hydrogen-bond acceptors (Lipinski definition) is 5. The lowest BCUT2D eigenvalue weighted by atomic mass is 10.2. The molecule has 0 saturated carbocycles. The zero-order valence-electron chi connectivity index (χ0n) is 11.3. The van der Waals surface area contributed by atoms with E-state index in [0.717, 1.165) is 4.68 Å². The van der Waals surface area contributed by atoms with Crippen LogP contribution >= 0.6 is 0 Å². The van der Waals surface area contributed by atoms with Crippen molar-refractivity contribution in [3.05, 3.63) is 22.5 Å². The highest BCUT2D eigenvalue weighted by Gasteiger charge is 2.24. The van der Waals surface area contributed by atoms with Crippen LogP contribution in [-0.4, -0.2) is 28.5 Å². The van der Waals surface area contributed by atoms with Crippen LogP contribution in [0.15, 0.2) is 16.9 Å². The normalized spacial score (nSPS) is 12.9. The Morgan fingerprint density at radius 1 is 1.39 bits per heavy atom. The van der Waals surface area contributed by atoms with Crippen LogP contribution in [0.1, 0.15) is 33.7 Å². The van der Waals surface area contributed by atoms with Gasteiger partial charge in [-0.3, -0.25) is 4.79 Å². The highest BCUT2D eigenvalue weighted by Crippen LogP contribution is 2.13. The lowest BCUT2D eigenvalue weighted by molar-refractivity contribution is -0.158. The van der Waals surface area contributed by atoms with Crippen LogP contribution in [-0.2, 0) is 9.53 Å². The number of ether oxygens (including phenoxy) is 2. The maximum absolute atomic E-state index is 11.8. The van der Waals surface area contributed by atoms with Gasteiger partial charge in [-0.1, -0.05) is 0 Å². The van der Waals surface area contributed by atoms with E-state index < -0.39 is 17.6 Å². The molecule has 0 spiro atoms. The van der Waals surface area contributed by atoms with Crippen molar-refractivity contribution in [2.75, 3.05) is 7.11 Å². The standard InChI is InChI=1S/C12H18N2O4/c1-8(11(16)18-12(2,3)4)14-10(15)7-6-9(13-14)17-5/h6-8H,1-5H3. The highest BCUT2D eigenvalue weighted by molar-refractivity contribution is 5.74. The molecule has 100 valence electrons. The molecular formula is C12H18N2O4. The Kier molecular flexibility index (Phi) is 4.11. The van der Waals surface area contributed by atoms with E-state index in [2.05, 4.69) is 5.10 Å². The first kappa shape index (κ1) is 14.2. The maximum Gasteiger partial charge on any atom is 0.331 e. The number of hydrogen-bond donors (Lipinski definition) is 0. The second-order valence-electron chi connectivity index (χ2n) is 4.87. The molecular weight excluding hydrogens is 236 g/mol. The number of methoxy groups -OCH3 is 1. The van der Waals surface area contributed by atoms with E-state index >= 15 is 0 Å². The molecule has 0 aliphatic rings. The summed E-state index contributed by atoms with van der Waals surface area (Å²) in [6.45, 7) is 6.85. The van der Waals surface area contributed by atoms with E-state index in [9.17, 15) is 9.59 Å². The molecule has 1 unspecified atom stereocenters. The van der Waals surface area contributed by atoms with E-state index in [1.54, 1.807) is 27.7 Å². The number of rotatable bonds is 3. The molecule has 0 bridgehead atoms. The van der Waals surface area contributed by atoms with Gasteiger partial charge in [0.1, 0.15) is 5.60 Å². The van der Waals surface area contributed by atoms with Crippen LogP contribution in [0, 0.1) is 0 Å². The highest BCUT2D eigenvalue weighted by atomic mass is 16.6. The van der Waals surface area contributed by atoms with Crippen LogP contribution in [0.3, 0.4) is 0 Å². The smallest absolute Gasteiger partial charge is 0.331 e. The largest absolute Gasteiger partial charge is 0.480 e. The van der Waals surface area contributed by atoms with E-state index in [4.69, 9.17) is 9.47 Å². The predicted molar refractivity (Wildman–Crippen MR) is 65.6 cm³/mol. The Bertz CT molecular complexity index is 488. The molecule has 0 radical (unpaired) electrons. The van der Waals surface area contributed by atoms with Gasteiger partial charge in [0.2, 0.25) is 5.88 Å². The van der Waals surface area contributed by atoms with Gasteiger partial charge in [0, 0.05) is 12.1 Å². The molecule has 1 heterocycles. The Morgan fingerprint density at radius 2 is 2.00 bits per heavy atom. The first-order valence-electron chi connectivity index (χ1n) is 5.61. The SMILES string of the molecule is COc1ccc(=O)n(C(C)C(=O)OC(C)(C)C)n1. The van der Waals surface area contributed by atoms with Crippen molar-refractivity contribution in [2.24, 2.45) is 0 Å². The quantitative estimate of drug-likeness (QED) is 0.757. The lowest BCUT2D eigenvalue weighted by Crippen LogP contribution is -2.34. The molecule has 0 amide bonds. The number of carbonyl (C=O) groups is 1. The second-order valence-corrected chi connectivity index (χ2v) is 4.87. The van der Waals surface area contributed by atoms with Gasteiger partial charge in [-0.25, -0.2) is 9.48 Å². The number of aromatic nitrogens is 2. The first-order valence-corrected chi connectivity index (χ1v) is 5.61. The van der Waals surface area contributed by atoms with Crippen LogP contribution in [0.4, 0.5) is 0 Å². The fraction of sp³-hybridized carbons (Fsp3) is 0.583. The zero-order valence-corrected chi connectivity index (χ0v) is 11.3. The Balaban J connectivity index is 3.00. The predicted octanol–water partition coefficient (Wildman–Crippen LogP) is 1.15. The van der Waals surface area contributed by atoms with Crippen molar-refractivity contribution in [2.45, 2.75) is 39.3 Å². The molecule has 1 atom stereocenters. The van der Waals surface area contributed by atoms with Crippen molar-refractivity contribution in [1.82, 2.24) is 9.78 Å². The van der Waals surface area contributed by atoms with Crippen LogP contribution in [0.5, 0.6) is 5.88 Å². The summed E-state index contributed by atoms with van der Waals surface area (Å²) in [5.74, 6) is -0.240. The summed E-state index contributed by atoms with van der Waals surface area (Å²) in [6, 6.07) is 1.94. The second kappa shape index (κ2) is 5.20. The average Bonchev–Trinajstić information content (AvgIpc) is 2.26. The van der Waals surface area contributed by atoms with Crippen molar-refractivity contribution in [3.8, 4) is 5.88 Å². The molecule has 0 fully saturated rings. The Hall–Kier alpha value is -1.85. The Morgan fingerprint density at radius 3 is 2.50 bits per heavy atom. The fourth-order valence-electron chi connectivity index (χ4n) is 1.28. The summed E-state index contributed by atoms with van der Waals surface area (Å²) in [4.78, 5) is 23.5. The summed E-state index contributed by atoms with van der Waals surface area (Å²) in [5, 5.41) is 3.92. The van der Waals surface area contributed by atoms with E-state index in [1.807, 2.05) is 0 Å². The van der Waals surface area contributed by atoms with E-state index in [0.29, 0.717) is 0 Å². The molecule has 6 nitrogen and oxygen atoms in total. The molecule has 0 aliphatic carbocycles. The maximum atomic E-state index is 11.8. The topological polar surface area (TPSA) is 70.4 Å². The van der Waals surface area contributed by atoms with Gasteiger partial charge >= 0.3 is 5.97 Å². The van der Waals surface area contributed by atoms with Crippen molar-refractivity contribution in [3.63, 3.8) is 0 Å². The summed E-state index contributed by atoms with van der Waals surface area (Å²) in [6.07, 6.45) is 0. The zero-order chi connectivity index (χ0) is 13.9. The summed E-state index contributed by atoms with van der Waals surface area (Å²) < 4.78 is 11.2. The third-order valence-electron chi connectivity index (χ3n) is 2.12. The molecule has 0 aliphatic heterocycles. The molecule has 1 aromatic rings. The molecule has 0 saturated heterocycles. The van der Waals surface area contributed by atoms with Gasteiger partial charge < -0.3 is 9.47 Å². The summed E-state index contributed by atoms with van der Waals surface area (Å²) in [7, 11) is 1.44. The van der Waals surface area contributed by atoms with Crippen molar-refractivity contribution < 1.29 is 14.3 Å². The minimum atomic E-state index is -0.799. The third kappa shape index (κ3) is 3.58. The average molecular weight is 254 g/mol. The van der Waals surface area contributed by atoms with Crippen LogP contribution in [0.25, 0.3) is 0 Å².